The molecule has 0 aliphatic carbocycles. The lowest BCUT2D eigenvalue weighted by Crippen LogP contribution is -2.22. The molecule has 1 atom stereocenters. The summed E-state index contributed by atoms with van der Waals surface area (Å²) in [5.41, 5.74) is 0. The van der Waals surface area contributed by atoms with Gasteiger partial charge in [0.15, 0.2) is 0 Å². The van der Waals surface area contributed by atoms with Crippen LogP contribution in [0, 0.1) is 0 Å². The van der Waals surface area contributed by atoms with E-state index in [1.807, 2.05) is 0 Å². The summed E-state index contributed by atoms with van der Waals surface area (Å²) in [5, 5.41) is 17.7. The molecule has 0 aromatic carbocycles. The van der Waals surface area contributed by atoms with Crippen molar-refractivity contribution in [2.24, 2.45) is 0 Å². The Hall–Kier alpha value is -0.690. The number of aliphatic hydroxyl groups is 2. The van der Waals surface area contributed by atoms with Gasteiger partial charge in [-0.25, -0.2) is 0 Å². The summed E-state index contributed by atoms with van der Waals surface area (Å²) in [6, 6.07) is 0. The maximum absolute atomic E-state index is 11.3. The van der Waals surface area contributed by atoms with Crippen LogP contribution < -0.4 is 0 Å². The quantitative estimate of drug-likeness (QED) is 0.209. The number of ether oxygens (including phenoxy) is 3. The second-order valence-corrected chi connectivity index (χ2v) is 7.38. The SMILES string of the molecule is CCCCCCCCCCCCCCOCCOCCC(=O)OCC(O)CO. The Morgan fingerprint density at radius 3 is 1.79 bits per heavy atom. The topological polar surface area (TPSA) is 85.2 Å². The first-order valence-corrected chi connectivity index (χ1v) is 11.3. The van der Waals surface area contributed by atoms with E-state index in [1.165, 1.54) is 70.6 Å². The summed E-state index contributed by atoms with van der Waals surface area (Å²) in [4.78, 5) is 11.3. The molecule has 0 amide bonds. The molecule has 0 fully saturated rings. The van der Waals surface area contributed by atoms with Gasteiger partial charge in [-0.2, -0.15) is 0 Å². The van der Waals surface area contributed by atoms with Gasteiger partial charge in [0.05, 0.1) is 32.8 Å². The molecule has 0 spiro atoms. The molecule has 0 aromatic heterocycles. The highest BCUT2D eigenvalue weighted by Crippen LogP contribution is 2.11. The molecule has 0 radical (unpaired) electrons. The van der Waals surface area contributed by atoms with Gasteiger partial charge >= 0.3 is 5.97 Å². The molecule has 0 heterocycles. The van der Waals surface area contributed by atoms with Crippen molar-refractivity contribution in [2.45, 2.75) is 96.5 Å². The second kappa shape index (κ2) is 22.6. The van der Waals surface area contributed by atoms with Gasteiger partial charge in [-0.15, -0.1) is 0 Å². The molecule has 0 aliphatic rings. The highest BCUT2D eigenvalue weighted by Gasteiger charge is 2.07. The fourth-order valence-electron chi connectivity index (χ4n) is 2.84. The molecule has 0 aromatic rings. The Morgan fingerprint density at radius 2 is 1.25 bits per heavy atom. The molecular weight excluding hydrogens is 360 g/mol. The summed E-state index contributed by atoms with van der Waals surface area (Å²) in [7, 11) is 0. The normalized spacial score (nSPS) is 12.2. The van der Waals surface area contributed by atoms with Crippen LogP contribution in [0.5, 0.6) is 0 Å². The number of hydrogen-bond donors (Lipinski definition) is 2. The van der Waals surface area contributed by atoms with E-state index >= 15 is 0 Å². The summed E-state index contributed by atoms with van der Waals surface area (Å²) in [5.74, 6) is -0.440. The Labute approximate surface area is 171 Å². The third-order valence-electron chi connectivity index (χ3n) is 4.61. The zero-order valence-corrected chi connectivity index (χ0v) is 18.0. The third-order valence-corrected chi connectivity index (χ3v) is 4.61. The van der Waals surface area contributed by atoms with Crippen molar-refractivity contribution in [1.82, 2.24) is 0 Å². The average molecular weight is 405 g/mol. The van der Waals surface area contributed by atoms with Gasteiger partial charge in [0.25, 0.3) is 0 Å². The first kappa shape index (κ1) is 27.3. The van der Waals surface area contributed by atoms with Crippen LogP contribution in [-0.4, -0.2) is 61.9 Å². The maximum atomic E-state index is 11.3. The van der Waals surface area contributed by atoms with E-state index in [9.17, 15) is 4.79 Å². The molecule has 0 bridgehead atoms. The minimum Gasteiger partial charge on any atom is -0.463 e. The number of unbranched alkanes of at least 4 members (excludes halogenated alkanes) is 11. The number of aliphatic hydroxyl groups excluding tert-OH is 2. The van der Waals surface area contributed by atoms with Crippen LogP contribution in [0.1, 0.15) is 90.4 Å². The van der Waals surface area contributed by atoms with E-state index in [-0.39, 0.29) is 19.6 Å². The van der Waals surface area contributed by atoms with E-state index < -0.39 is 18.7 Å². The highest BCUT2D eigenvalue weighted by atomic mass is 16.5. The Morgan fingerprint density at radius 1 is 0.750 bits per heavy atom. The fourth-order valence-corrected chi connectivity index (χ4v) is 2.84. The Balaban J connectivity index is 3.11. The minimum atomic E-state index is -1.02. The number of rotatable bonds is 22. The van der Waals surface area contributed by atoms with Crippen LogP contribution in [0.15, 0.2) is 0 Å². The average Bonchev–Trinajstić information content (AvgIpc) is 2.71. The maximum Gasteiger partial charge on any atom is 0.308 e. The summed E-state index contributed by atoms with van der Waals surface area (Å²) < 4.78 is 15.6. The second-order valence-electron chi connectivity index (χ2n) is 7.38. The monoisotopic (exact) mass is 404 g/mol. The third kappa shape index (κ3) is 21.6. The van der Waals surface area contributed by atoms with Gasteiger partial charge in [0, 0.05) is 6.61 Å². The van der Waals surface area contributed by atoms with Crippen molar-refractivity contribution in [3.05, 3.63) is 0 Å². The molecule has 6 nitrogen and oxygen atoms in total. The van der Waals surface area contributed by atoms with Crippen LogP contribution >= 0.6 is 0 Å². The van der Waals surface area contributed by atoms with E-state index in [2.05, 4.69) is 6.92 Å². The van der Waals surface area contributed by atoms with E-state index in [0.29, 0.717) is 13.2 Å². The Kier molecular flexibility index (Phi) is 22.0. The molecule has 2 N–H and O–H groups in total. The van der Waals surface area contributed by atoms with Crippen molar-refractivity contribution >= 4 is 5.97 Å². The molecule has 28 heavy (non-hydrogen) atoms. The highest BCUT2D eigenvalue weighted by molar-refractivity contribution is 5.69. The number of carbonyl (C=O) groups excluding carboxylic acids is 1. The van der Waals surface area contributed by atoms with Crippen molar-refractivity contribution in [3.8, 4) is 0 Å². The summed E-state index contributed by atoms with van der Waals surface area (Å²) in [6.07, 6.45) is 15.2. The molecule has 0 rings (SSSR count). The molecule has 6 heteroatoms. The molecule has 0 saturated carbocycles. The van der Waals surface area contributed by atoms with Crippen molar-refractivity contribution in [2.75, 3.05) is 39.6 Å². The van der Waals surface area contributed by atoms with E-state index in [1.54, 1.807) is 0 Å². The Bertz CT molecular complexity index is 324. The lowest BCUT2D eigenvalue weighted by atomic mass is 10.1. The molecule has 0 saturated heterocycles. The van der Waals surface area contributed by atoms with E-state index in [0.717, 1.165) is 13.0 Å². The van der Waals surface area contributed by atoms with Crippen LogP contribution in [0.2, 0.25) is 0 Å². The largest absolute Gasteiger partial charge is 0.463 e. The van der Waals surface area contributed by atoms with Gasteiger partial charge < -0.3 is 24.4 Å². The van der Waals surface area contributed by atoms with Gasteiger partial charge in [0.1, 0.15) is 12.7 Å². The minimum absolute atomic E-state index is 0.136. The van der Waals surface area contributed by atoms with Crippen LogP contribution in [-0.2, 0) is 19.0 Å². The molecule has 0 aliphatic heterocycles. The zero-order chi connectivity index (χ0) is 20.7. The zero-order valence-electron chi connectivity index (χ0n) is 18.0. The lowest BCUT2D eigenvalue weighted by molar-refractivity contribution is -0.148. The van der Waals surface area contributed by atoms with Crippen molar-refractivity contribution < 1.29 is 29.2 Å². The van der Waals surface area contributed by atoms with Gasteiger partial charge in [-0.3, -0.25) is 4.79 Å². The first-order valence-electron chi connectivity index (χ1n) is 11.3. The van der Waals surface area contributed by atoms with Gasteiger partial charge in [0.2, 0.25) is 0 Å². The first-order chi connectivity index (χ1) is 13.7. The molecule has 1 unspecified atom stereocenters. The van der Waals surface area contributed by atoms with Gasteiger partial charge in [-0.1, -0.05) is 77.6 Å². The van der Waals surface area contributed by atoms with Crippen LogP contribution in [0.3, 0.4) is 0 Å². The van der Waals surface area contributed by atoms with E-state index in [4.69, 9.17) is 24.4 Å². The number of hydrogen-bond acceptors (Lipinski definition) is 6. The predicted molar refractivity (Wildman–Crippen MR) is 111 cm³/mol. The summed E-state index contributed by atoms with van der Waals surface area (Å²) >= 11 is 0. The fraction of sp³-hybridized carbons (Fsp3) is 0.955. The molecular formula is C22H44O6. The summed E-state index contributed by atoms with van der Waals surface area (Å²) in [6.45, 7) is 3.70. The smallest absolute Gasteiger partial charge is 0.308 e. The lowest BCUT2D eigenvalue weighted by Gasteiger charge is -2.09. The standard InChI is InChI=1S/C22H44O6/c1-2-3-4-5-6-7-8-9-10-11-12-13-15-26-17-18-27-16-14-22(25)28-20-21(24)19-23/h21,23-24H,2-20H2,1H3. The molecule has 168 valence electrons. The van der Waals surface area contributed by atoms with Gasteiger partial charge in [-0.05, 0) is 6.42 Å². The van der Waals surface area contributed by atoms with Crippen molar-refractivity contribution in [3.63, 3.8) is 0 Å². The van der Waals surface area contributed by atoms with Crippen LogP contribution in [0.25, 0.3) is 0 Å². The number of carbonyl (C=O) groups is 1. The predicted octanol–water partition coefficient (Wildman–Crippen LogP) is 4.01. The van der Waals surface area contributed by atoms with Crippen molar-refractivity contribution in [1.29, 1.82) is 0 Å². The number of esters is 1. The van der Waals surface area contributed by atoms with Crippen LogP contribution in [0.4, 0.5) is 0 Å².